The molecular weight excluding hydrogens is 345 g/mol. The highest BCUT2D eigenvalue weighted by atomic mass is 79.9. The maximum absolute atomic E-state index is 9.78. The second kappa shape index (κ2) is 6.53. The summed E-state index contributed by atoms with van der Waals surface area (Å²) < 4.78 is 1.46. The van der Waals surface area contributed by atoms with E-state index in [1.54, 1.807) is 12.1 Å². The molecule has 0 bridgehead atoms. The molecule has 0 saturated carbocycles. The van der Waals surface area contributed by atoms with Crippen LogP contribution in [0.25, 0.3) is 0 Å². The van der Waals surface area contributed by atoms with Crippen LogP contribution in [0.3, 0.4) is 0 Å². The van der Waals surface area contributed by atoms with Crippen molar-refractivity contribution in [3.05, 3.63) is 39.3 Å². The van der Waals surface area contributed by atoms with E-state index in [0.717, 1.165) is 4.47 Å². The summed E-state index contributed by atoms with van der Waals surface area (Å²) in [6.07, 6.45) is 2.36. The van der Waals surface area contributed by atoms with Crippen molar-refractivity contribution in [2.24, 2.45) is 5.73 Å². The van der Waals surface area contributed by atoms with Crippen molar-refractivity contribution in [3.63, 3.8) is 0 Å². The second-order valence-corrected chi connectivity index (χ2v) is 4.63. The molecule has 3 N–H and O–H groups in total. The van der Waals surface area contributed by atoms with Crippen molar-refractivity contribution in [2.75, 3.05) is 0 Å². The molecule has 0 aliphatic carbocycles. The Hall–Kier alpha value is -0.0300. The molecule has 1 aromatic rings. The standard InChI is InChI=1S/C10H11Br2NO.ClH/c1-2-3-8(13)9-6(11)4-5-7(12)10(9)14;/h2,4-5,8,14H,1,3,13H2;1H/t8-;/m1./s1. The summed E-state index contributed by atoms with van der Waals surface area (Å²) in [7, 11) is 0. The number of phenols is 1. The molecule has 0 aliphatic rings. The Morgan fingerprint density at radius 1 is 1.40 bits per heavy atom. The van der Waals surface area contributed by atoms with Gasteiger partial charge in [-0.1, -0.05) is 22.0 Å². The smallest absolute Gasteiger partial charge is 0.135 e. The number of hydrogen-bond acceptors (Lipinski definition) is 2. The number of rotatable bonds is 3. The fourth-order valence-corrected chi connectivity index (χ4v) is 2.17. The second-order valence-electron chi connectivity index (χ2n) is 2.92. The lowest BCUT2D eigenvalue weighted by Gasteiger charge is -2.14. The molecule has 1 aromatic carbocycles. The van der Waals surface area contributed by atoms with E-state index in [-0.39, 0.29) is 24.2 Å². The van der Waals surface area contributed by atoms with Crippen LogP contribution in [0.15, 0.2) is 33.7 Å². The van der Waals surface area contributed by atoms with Crippen LogP contribution in [0.2, 0.25) is 0 Å². The first-order valence-electron chi connectivity index (χ1n) is 4.11. The molecule has 15 heavy (non-hydrogen) atoms. The number of halogens is 3. The van der Waals surface area contributed by atoms with Gasteiger partial charge in [0.2, 0.25) is 0 Å². The lowest BCUT2D eigenvalue weighted by Crippen LogP contribution is -2.10. The van der Waals surface area contributed by atoms with Gasteiger partial charge in [-0.2, -0.15) is 0 Å². The number of nitrogens with two attached hydrogens (primary N) is 1. The first kappa shape index (κ1) is 15.0. The fraction of sp³-hybridized carbons (Fsp3) is 0.200. The van der Waals surface area contributed by atoms with E-state index in [1.807, 2.05) is 6.07 Å². The molecule has 0 amide bonds. The summed E-state index contributed by atoms with van der Waals surface area (Å²) >= 11 is 6.60. The third-order valence-corrected chi connectivity index (χ3v) is 3.24. The van der Waals surface area contributed by atoms with E-state index in [4.69, 9.17) is 5.73 Å². The van der Waals surface area contributed by atoms with Crippen molar-refractivity contribution >= 4 is 44.3 Å². The molecule has 84 valence electrons. The summed E-state index contributed by atoms with van der Waals surface area (Å²) in [6.45, 7) is 3.62. The molecule has 0 saturated heterocycles. The molecule has 1 atom stereocenters. The van der Waals surface area contributed by atoms with Crippen LogP contribution in [-0.4, -0.2) is 5.11 Å². The van der Waals surface area contributed by atoms with Gasteiger partial charge in [0.05, 0.1) is 4.47 Å². The lowest BCUT2D eigenvalue weighted by molar-refractivity contribution is 0.457. The summed E-state index contributed by atoms with van der Waals surface area (Å²) in [4.78, 5) is 0. The molecule has 0 fully saturated rings. The highest BCUT2D eigenvalue weighted by molar-refractivity contribution is 9.11. The maximum atomic E-state index is 9.78. The number of hydrogen-bond donors (Lipinski definition) is 2. The van der Waals surface area contributed by atoms with E-state index < -0.39 is 0 Å². The van der Waals surface area contributed by atoms with Gasteiger partial charge in [0.1, 0.15) is 5.75 Å². The molecule has 0 unspecified atom stereocenters. The zero-order valence-electron chi connectivity index (χ0n) is 7.91. The van der Waals surface area contributed by atoms with Gasteiger partial charge in [-0.25, -0.2) is 0 Å². The molecule has 2 nitrogen and oxygen atoms in total. The topological polar surface area (TPSA) is 46.2 Å². The molecule has 0 aliphatic heterocycles. The van der Waals surface area contributed by atoms with Crippen molar-refractivity contribution < 1.29 is 5.11 Å². The first-order valence-corrected chi connectivity index (χ1v) is 5.70. The van der Waals surface area contributed by atoms with Gasteiger partial charge in [0.25, 0.3) is 0 Å². The average molecular weight is 357 g/mol. The minimum absolute atomic E-state index is 0. The summed E-state index contributed by atoms with van der Waals surface area (Å²) in [5.74, 6) is 0.189. The van der Waals surface area contributed by atoms with Gasteiger partial charge in [-0.15, -0.1) is 19.0 Å². The van der Waals surface area contributed by atoms with Crippen LogP contribution in [0, 0.1) is 0 Å². The van der Waals surface area contributed by atoms with E-state index in [9.17, 15) is 5.11 Å². The third kappa shape index (κ3) is 3.48. The zero-order valence-corrected chi connectivity index (χ0v) is 11.9. The van der Waals surface area contributed by atoms with Crippen molar-refractivity contribution in [2.45, 2.75) is 12.5 Å². The molecule has 1 rings (SSSR count). The highest BCUT2D eigenvalue weighted by Gasteiger charge is 2.15. The number of aromatic hydroxyl groups is 1. The van der Waals surface area contributed by atoms with Crippen LogP contribution in [-0.2, 0) is 0 Å². The largest absolute Gasteiger partial charge is 0.506 e. The Morgan fingerprint density at radius 3 is 2.47 bits per heavy atom. The molecule has 0 spiro atoms. The molecular formula is C10H12Br2ClNO. The van der Waals surface area contributed by atoms with Crippen molar-refractivity contribution in [1.29, 1.82) is 0 Å². The average Bonchev–Trinajstić information content (AvgIpc) is 2.13. The maximum Gasteiger partial charge on any atom is 0.135 e. The lowest BCUT2D eigenvalue weighted by atomic mass is 10.0. The Balaban J connectivity index is 0.00000196. The highest BCUT2D eigenvalue weighted by Crippen LogP contribution is 2.37. The van der Waals surface area contributed by atoms with E-state index in [0.29, 0.717) is 16.5 Å². The third-order valence-electron chi connectivity index (χ3n) is 1.91. The Kier molecular flexibility index (Phi) is 6.52. The van der Waals surface area contributed by atoms with Crippen LogP contribution in [0.4, 0.5) is 0 Å². The minimum Gasteiger partial charge on any atom is -0.506 e. The molecule has 0 radical (unpaired) electrons. The van der Waals surface area contributed by atoms with Crippen LogP contribution in [0.5, 0.6) is 5.75 Å². The molecule has 0 aromatic heterocycles. The Bertz CT molecular complexity index is 358. The quantitative estimate of drug-likeness (QED) is 0.806. The van der Waals surface area contributed by atoms with Gasteiger partial charge < -0.3 is 10.8 Å². The number of benzene rings is 1. The van der Waals surface area contributed by atoms with Crippen LogP contribution < -0.4 is 5.73 Å². The van der Waals surface area contributed by atoms with Crippen LogP contribution in [0.1, 0.15) is 18.0 Å². The van der Waals surface area contributed by atoms with Gasteiger partial charge in [0.15, 0.2) is 0 Å². The SMILES string of the molecule is C=CC[C@@H](N)c1c(Br)ccc(Br)c1O.Cl. The predicted octanol–water partition coefficient (Wildman–Crippen LogP) is 3.91. The monoisotopic (exact) mass is 355 g/mol. The van der Waals surface area contributed by atoms with Gasteiger partial charge in [-0.05, 0) is 34.5 Å². The zero-order chi connectivity index (χ0) is 10.7. The number of phenolic OH excluding ortho intramolecular Hbond substituents is 1. The minimum atomic E-state index is -0.237. The predicted molar refractivity (Wildman–Crippen MR) is 72.5 cm³/mol. The summed E-state index contributed by atoms with van der Waals surface area (Å²) in [6, 6.07) is 3.38. The van der Waals surface area contributed by atoms with Gasteiger partial charge in [0, 0.05) is 16.1 Å². The summed E-state index contributed by atoms with van der Waals surface area (Å²) in [5.41, 5.74) is 6.60. The van der Waals surface area contributed by atoms with Crippen LogP contribution >= 0.6 is 44.3 Å². The normalized spacial score (nSPS) is 11.7. The van der Waals surface area contributed by atoms with Gasteiger partial charge >= 0.3 is 0 Å². The summed E-state index contributed by atoms with van der Waals surface area (Å²) in [5, 5.41) is 9.78. The van der Waals surface area contributed by atoms with Gasteiger partial charge in [-0.3, -0.25) is 0 Å². The molecule has 5 heteroatoms. The molecule has 0 heterocycles. The van der Waals surface area contributed by atoms with E-state index in [1.165, 1.54) is 0 Å². The fourth-order valence-electron chi connectivity index (χ4n) is 1.21. The Labute approximate surface area is 112 Å². The van der Waals surface area contributed by atoms with Crippen molar-refractivity contribution in [3.8, 4) is 5.75 Å². The van der Waals surface area contributed by atoms with E-state index >= 15 is 0 Å². The Morgan fingerprint density at radius 2 is 1.93 bits per heavy atom. The van der Waals surface area contributed by atoms with E-state index in [2.05, 4.69) is 38.4 Å². The van der Waals surface area contributed by atoms with Crippen molar-refractivity contribution in [1.82, 2.24) is 0 Å². The first-order chi connectivity index (χ1) is 6.57.